The van der Waals surface area contributed by atoms with E-state index in [4.69, 9.17) is 32.7 Å². The Hall–Kier alpha value is -0.670. The Labute approximate surface area is 167 Å². The van der Waals surface area contributed by atoms with Gasteiger partial charge in [0.1, 0.15) is 11.7 Å². The van der Waals surface area contributed by atoms with Crippen LogP contribution in [0.5, 0.6) is 0 Å². The van der Waals surface area contributed by atoms with Gasteiger partial charge in [0.05, 0.1) is 16.7 Å². The third-order valence-corrected chi connectivity index (χ3v) is 5.88. The first-order chi connectivity index (χ1) is 12.5. The van der Waals surface area contributed by atoms with E-state index in [-0.39, 0.29) is 6.10 Å². The molecule has 2 aromatic carbocycles. The van der Waals surface area contributed by atoms with Crippen LogP contribution >= 0.6 is 32.4 Å². The molecule has 1 N–H and O–H groups in total. The Morgan fingerprint density at radius 2 is 1.92 bits per heavy atom. The zero-order valence-corrected chi connectivity index (χ0v) is 17.5. The largest absolute Gasteiger partial charge is 0.369 e. The van der Waals surface area contributed by atoms with Gasteiger partial charge in [-0.2, -0.15) is 0 Å². The maximum atomic E-state index is 6.32. The van der Waals surface area contributed by atoms with Gasteiger partial charge in [0.2, 0.25) is 0 Å². The van der Waals surface area contributed by atoms with E-state index in [9.17, 15) is 0 Å². The predicted molar refractivity (Wildman–Crippen MR) is 112 cm³/mol. The highest BCUT2D eigenvalue weighted by Crippen LogP contribution is 2.37. The van der Waals surface area contributed by atoms with Crippen molar-refractivity contribution in [1.82, 2.24) is 5.32 Å². The lowest BCUT2D eigenvalue weighted by Gasteiger charge is -2.44. The van der Waals surface area contributed by atoms with E-state index in [2.05, 4.69) is 38.8 Å². The summed E-state index contributed by atoms with van der Waals surface area (Å²) in [5.74, 6) is 0. The lowest BCUT2D eigenvalue weighted by Crippen LogP contribution is -2.54. The molecule has 2 aromatic rings. The van der Waals surface area contributed by atoms with Gasteiger partial charge in [-0.05, 0) is 48.5 Å². The molecule has 0 radical (unpaired) electrons. The summed E-state index contributed by atoms with van der Waals surface area (Å²) in [6.07, 6.45) is 0.768. The highest BCUT2D eigenvalue weighted by Gasteiger charge is 2.44. The zero-order chi connectivity index (χ0) is 18.6. The molecule has 140 valence electrons. The SMILES string of the molecule is CCOC1(c2ccc(P)cc2)CCNCC1OCc1ccc(Cl)c(Cl)c1. The summed E-state index contributed by atoms with van der Waals surface area (Å²) >= 11 is 12.1. The number of piperidine rings is 1. The molecule has 0 amide bonds. The van der Waals surface area contributed by atoms with E-state index >= 15 is 0 Å². The fourth-order valence-electron chi connectivity index (χ4n) is 3.45. The first-order valence-corrected chi connectivity index (χ1v) is 10.1. The lowest BCUT2D eigenvalue weighted by molar-refractivity contribution is -0.167. The van der Waals surface area contributed by atoms with E-state index in [0.717, 1.165) is 35.9 Å². The Balaban J connectivity index is 1.83. The summed E-state index contributed by atoms with van der Waals surface area (Å²) in [5, 5.41) is 5.68. The predicted octanol–water partition coefficient (Wildman–Crippen LogP) is 4.30. The molecule has 3 unspecified atom stereocenters. The minimum atomic E-state index is -0.450. The molecular weight excluding hydrogens is 388 g/mol. The summed E-state index contributed by atoms with van der Waals surface area (Å²) in [6.45, 7) is 4.76. The number of hydrogen-bond donors (Lipinski definition) is 1. The molecule has 6 heteroatoms. The molecule has 0 spiro atoms. The molecule has 0 aliphatic carbocycles. The summed E-state index contributed by atoms with van der Waals surface area (Å²) in [5.41, 5.74) is 1.70. The second-order valence-electron chi connectivity index (χ2n) is 6.45. The molecule has 0 bridgehead atoms. The smallest absolute Gasteiger partial charge is 0.122 e. The number of rotatable bonds is 6. The quantitative estimate of drug-likeness (QED) is 0.718. The van der Waals surface area contributed by atoms with Crippen molar-refractivity contribution in [2.75, 3.05) is 19.7 Å². The van der Waals surface area contributed by atoms with Gasteiger partial charge in [0.25, 0.3) is 0 Å². The number of nitrogens with one attached hydrogen (secondary N) is 1. The van der Waals surface area contributed by atoms with E-state index in [1.165, 1.54) is 0 Å². The van der Waals surface area contributed by atoms with Crippen LogP contribution in [-0.4, -0.2) is 25.8 Å². The van der Waals surface area contributed by atoms with Crippen LogP contribution in [0.25, 0.3) is 0 Å². The second-order valence-corrected chi connectivity index (χ2v) is 7.93. The average molecular weight is 412 g/mol. The summed E-state index contributed by atoms with van der Waals surface area (Å²) in [6, 6.07) is 14.1. The van der Waals surface area contributed by atoms with Crippen molar-refractivity contribution in [3.63, 3.8) is 0 Å². The molecular formula is C20H24Cl2NO2P. The van der Waals surface area contributed by atoms with Crippen molar-refractivity contribution >= 4 is 37.7 Å². The van der Waals surface area contributed by atoms with Gasteiger partial charge in [-0.15, -0.1) is 9.24 Å². The fraction of sp³-hybridized carbons (Fsp3) is 0.400. The second kappa shape index (κ2) is 9.01. The highest BCUT2D eigenvalue weighted by molar-refractivity contribution is 7.27. The Morgan fingerprint density at radius 1 is 1.15 bits per heavy atom. The molecule has 1 heterocycles. The molecule has 3 atom stereocenters. The standard InChI is InChI=1S/C20H24Cl2NO2P/c1-2-25-20(15-4-6-16(26)7-5-15)9-10-23-12-19(20)24-13-14-3-8-17(21)18(22)11-14/h3-8,11,19,23H,2,9-10,12-13,26H2,1H3. The van der Waals surface area contributed by atoms with Crippen LogP contribution < -0.4 is 10.6 Å². The molecule has 1 aliphatic rings. The fourth-order valence-corrected chi connectivity index (χ4v) is 3.97. The number of benzene rings is 2. The van der Waals surface area contributed by atoms with E-state index in [1.807, 2.05) is 19.1 Å². The van der Waals surface area contributed by atoms with Crippen LogP contribution in [0.3, 0.4) is 0 Å². The monoisotopic (exact) mass is 411 g/mol. The summed E-state index contributed by atoms with van der Waals surface area (Å²) in [7, 11) is 2.72. The van der Waals surface area contributed by atoms with Gasteiger partial charge in [0, 0.05) is 13.2 Å². The van der Waals surface area contributed by atoms with Crippen LogP contribution in [0.1, 0.15) is 24.5 Å². The molecule has 1 aliphatic heterocycles. The average Bonchev–Trinajstić information content (AvgIpc) is 2.64. The number of halogens is 2. The Bertz CT molecular complexity index is 737. The molecule has 3 nitrogen and oxygen atoms in total. The third-order valence-electron chi connectivity index (χ3n) is 4.76. The first kappa shape index (κ1) is 20.1. The van der Waals surface area contributed by atoms with Crippen molar-refractivity contribution in [2.24, 2.45) is 0 Å². The van der Waals surface area contributed by atoms with Gasteiger partial charge < -0.3 is 14.8 Å². The van der Waals surface area contributed by atoms with Gasteiger partial charge in [-0.1, -0.05) is 53.5 Å². The summed E-state index contributed by atoms with van der Waals surface area (Å²) in [4.78, 5) is 0. The maximum absolute atomic E-state index is 6.32. The summed E-state index contributed by atoms with van der Waals surface area (Å²) < 4.78 is 12.6. The van der Waals surface area contributed by atoms with Crippen LogP contribution in [0, 0.1) is 0 Å². The van der Waals surface area contributed by atoms with Crippen LogP contribution in [0.15, 0.2) is 42.5 Å². The van der Waals surface area contributed by atoms with Crippen molar-refractivity contribution in [3.05, 3.63) is 63.6 Å². The minimum Gasteiger partial charge on any atom is -0.369 e. The molecule has 3 rings (SSSR count). The highest BCUT2D eigenvalue weighted by atomic mass is 35.5. The van der Waals surface area contributed by atoms with Gasteiger partial charge in [-0.25, -0.2) is 0 Å². The normalized spacial score (nSPS) is 23.2. The van der Waals surface area contributed by atoms with Gasteiger partial charge >= 0.3 is 0 Å². The molecule has 1 saturated heterocycles. The van der Waals surface area contributed by atoms with Crippen molar-refractivity contribution in [3.8, 4) is 0 Å². The molecule has 1 fully saturated rings. The first-order valence-electron chi connectivity index (χ1n) is 8.81. The van der Waals surface area contributed by atoms with Gasteiger partial charge in [-0.3, -0.25) is 0 Å². The minimum absolute atomic E-state index is 0.0963. The van der Waals surface area contributed by atoms with Crippen molar-refractivity contribution in [2.45, 2.75) is 31.7 Å². The topological polar surface area (TPSA) is 30.5 Å². The lowest BCUT2D eigenvalue weighted by atomic mass is 9.82. The molecule has 0 saturated carbocycles. The van der Waals surface area contributed by atoms with Crippen molar-refractivity contribution < 1.29 is 9.47 Å². The Kier molecular flexibility index (Phi) is 6.96. The third kappa shape index (κ3) is 4.42. The van der Waals surface area contributed by atoms with Crippen LogP contribution in [0.2, 0.25) is 10.0 Å². The van der Waals surface area contributed by atoms with Crippen molar-refractivity contribution in [1.29, 1.82) is 0 Å². The number of hydrogen-bond acceptors (Lipinski definition) is 3. The zero-order valence-electron chi connectivity index (χ0n) is 14.8. The van der Waals surface area contributed by atoms with E-state index in [1.54, 1.807) is 6.07 Å². The van der Waals surface area contributed by atoms with Gasteiger partial charge in [0.15, 0.2) is 0 Å². The molecule has 26 heavy (non-hydrogen) atoms. The molecule has 0 aromatic heterocycles. The maximum Gasteiger partial charge on any atom is 0.122 e. The number of ether oxygens (including phenoxy) is 2. The van der Waals surface area contributed by atoms with Crippen LogP contribution in [-0.2, 0) is 21.7 Å². The van der Waals surface area contributed by atoms with E-state index in [0.29, 0.717) is 23.3 Å². The van der Waals surface area contributed by atoms with Crippen LogP contribution in [0.4, 0.5) is 0 Å². The Morgan fingerprint density at radius 3 is 2.62 bits per heavy atom. The van der Waals surface area contributed by atoms with E-state index < -0.39 is 5.60 Å².